The fourth-order valence-corrected chi connectivity index (χ4v) is 3.00. The number of benzene rings is 1. The molecule has 0 spiro atoms. The maximum atomic E-state index is 13.3. The van der Waals surface area contributed by atoms with Gasteiger partial charge in [-0.1, -0.05) is 23.2 Å². The summed E-state index contributed by atoms with van der Waals surface area (Å²) in [5.41, 5.74) is 2.19. The summed E-state index contributed by atoms with van der Waals surface area (Å²) in [6.45, 7) is 6.69. The molecule has 3 rings (SSSR count). The van der Waals surface area contributed by atoms with E-state index in [-0.39, 0.29) is 11.9 Å². The molecule has 0 aliphatic carbocycles. The standard InChI is InChI=1S/C20H22ClN5O2/c1-4-25(15(3)13-28-19-8-6-16(21)12-22-19)20(27)17-11-14(2)5-7-18(17)26-23-9-10-24-26/h5-12,15H,4,13H2,1-3H3/t15-/m0/s1. The fourth-order valence-electron chi connectivity index (χ4n) is 2.89. The SMILES string of the molecule is CCN(C(=O)c1cc(C)ccc1-n1nccn1)[C@@H](C)COc1ccc(Cl)cn1. The highest BCUT2D eigenvalue weighted by atomic mass is 35.5. The average Bonchev–Trinajstić information content (AvgIpc) is 3.22. The number of rotatable bonds is 7. The molecule has 1 atom stereocenters. The van der Waals surface area contributed by atoms with Crippen LogP contribution in [0.4, 0.5) is 0 Å². The van der Waals surface area contributed by atoms with Gasteiger partial charge >= 0.3 is 0 Å². The summed E-state index contributed by atoms with van der Waals surface area (Å²) in [5.74, 6) is 0.371. The van der Waals surface area contributed by atoms with Crippen LogP contribution >= 0.6 is 11.6 Å². The lowest BCUT2D eigenvalue weighted by Gasteiger charge is -2.28. The molecule has 0 saturated carbocycles. The Hall–Kier alpha value is -2.93. The third-order valence-electron chi connectivity index (χ3n) is 4.32. The topological polar surface area (TPSA) is 73.1 Å². The zero-order valence-corrected chi connectivity index (χ0v) is 16.8. The van der Waals surface area contributed by atoms with Gasteiger partial charge in [-0.15, -0.1) is 0 Å². The number of hydrogen-bond donors (Lipinski definition) is 0. The molecule has 0 unspecified atom stereocenters. The van der Waals surface area contributed by atoms with Crippen molar-refractivity contribution < 1.29 is 9.53 Å². The summed E-state index contributed by atoms with van der Waals surface area (Å²) in [4.78, 5) is 20.6. The first-order valence-corrected chi connectivity index (χ1v) is 9.40. The van der Waals surface area contributed by atoms with E-state index in [9.17, 15) is 4.79 Å². The van der Waals surface area contributed by atoms with Crippen LogP contribution in [0, 0.1) is 6.92 Å². The number of nitrogens with zero attached hydrogens (tertiary/aromatic N) is 5. The van der Waals surface area contributed by atoms with Crippen molar-refractivity contribution in [1.82, 2.24) is 24.9 Å². The van der Waals surface area contributed by atoms with Crippen LogP contribution in [-0.4, -0.2) is 50.0 Å². The Balaban J connectivity index is 1.79. The number of halogens is 1. The molecule has 28 heavy (non-hydrogen) atoms. The van der Waals surface area contributed by atoms with Gasteiger partial charge in [0.15, 0.2) is 0 Å². The summed E-state index contributed by atoms with van der Waals surface area (Å²) in [5, 5.41) is 8.87. The Kier molecular flexibility index (Phi) is 6.26. The number of likely N-dealkylation sites (N-methyl/N-ethyl adjacent to an activating group) is 1. The van der Waals surface area contributed by atoms with Crippen LogP contribution < -0.4 is 4.74 Å². The van der Waals surface area contributed by atoms with Crippen molar-refractivity contribution >= 4 is 17.5 Å². The quantitative estimate of drug-likeness (QED) is 0.607. The molecule has 0 N–H and O–H groups in total. The second kappa shape index (κ2) is 8.84. The monoisotopic (exact) mass is 399 g/mol. The highest BCUT2D eigenvalue weighted by Crippen LogP contribution is 2.19. The van der Waals surface area contributed by atoms with Gasteiger partial charge in [0.25, 0.3) is 5.91 Å². The lowest BCUT2D eigenvalue weighted by molar-refractivity contribution is 0.0646. The molecule has 0 aliphatic heterocycles. The highest BCUT2D eigenvalue weighted by Gasteiger charge is 2.24. The van der Waals surface area contributed by atoms with E-state index in [1.165, 1.54) is 11.0 Å². The van der Waals surface area contributed by atoms with Crippen LogP contribution in [0.15, 0.2) is 48.9 Å². The zero-order valence-electron chi connectivity index (χ0n) is 16.0. The Morgan fingerprint density at radius 2 is 2.00 bits per heavy atom. The predicted molar refractivity (Wildman–Crippen MR) is 107 cm³/mol. The maximum absolute atomic E-state index is 13.3. The first kappa shape index (κ1) is 19.8. The summed E-state index contributed by atoms with van der Waals surface area (Å²) < 4.78 is 5.72. The number of hydrogen-bond acceptors (Lipinski definition) is 5. The third-order valence-corrected chi connectivity index (χ3v) is 4.55. The minimum absolute atomic E-state index is 0.0985. The van der Waals surface area contributed by atoms with E-state index < -0.39 is 0 Å². The summed E-state index contributed by atoms with van der Waals surface area (Å²) in [6, 6.07) is 8.91. The van der Waals surface area contributed by atoms with Crippen molar-refractivity contribution in [3.05, 3.63) is 65.1 Å². The van der Waals surface area contributed by atoms with E-state index in [1.54, 1.807) is 29.4 Å². The van der Waals surface area contributed by atoms with Crippen molar-refractivity contribution in [2.24, 2.45) is 0 Å². The minimum atomic E-state index is -0.158. The molecule has 1 amide bonds. The molecule has 0 radical (unpaired) electrons. The third kappa shape index (κ3) is 4.48. The number of pyridine rings is 1. The number of aromatic nitrogens is 4. The number of ether oxygens (including phenoxy) is 1. The van der Waals surface area contributed by atoms with E-state index in [0.717, 1.165) is 5.56 Å². The normalized spacial score (nSPS) is 11.9. The lowest BCUT2D eigenvalue weighted by Crippen LogP contribution is -2.42. The van der Waals surface area contributed by atoms with Gasteiger partial charge in [0.2, 0.25) is 5.88 Å². The smallest absolute Gasteiger partial charge is 0.256 e. The van der Waals surface area contributed by atoms with Gasteiger partial charge in [0.1, 0.15) is 6.61 Å². The summed E-state index contributed by atoms with van der Waals surface area (Å²) in [7, 11) is 0. The largest absolute Gasteiger partial charge is 0.475 e. The number of aryl methyl sites for hydroxylation is 1. The van der Waals surface area contributed by atoms with E-state index >= 15 is 0 Å². The first-order chi connectivity index (χ1) is 13.5. The van der Waals surface area contributed by atoms with Gasteiger partial charge in [0.05, 0.1) is 34.7 Å². The van der Waals surface area contributed by atoms with Gasteiger partial charge in [-0.25, -0.2) is 4.98 Å². The van der Waals surface area contributed by atoms with Crippen LogP contribution in [0.1, 0.15) is 29.8 Å². The minimum Gasteiger partial charge on any atom is -0.475 e. The van der Waals surface area contributed by atoms with Crippen LogP contribution in [0.2, 0.25) is 5.02 Å². The molecule has 0 saturated heterocycles. The molecular formula is C20H22ClN5O2. The molecule has 146 valence electrons. The van der Waals surface area contributed by atoms with E-state index in [4.69, 9.17) is 16.3 Å². The summed E-state index contributed by atoms with van der Waals surface area (Å²) >= 11 is 5.84. The number of carbonyl (C=O) groups is 1. The van der Waals surface area contributed by atoms with Gasteiger partial charge in [-0.3, -0.25) is 4.79 Å². The van der Waals surface area contributed by atoms with Gasteiger partial charge in [-0.05, 0) is 39.0 Å². The number of carbonyl (C=O) groups excluding carboxylic acids is 1. The van der Waals surface area contributed by atoms with Gasteiger partial charge < -0.3 is 9.64 Å². The number of amides is 1. The van der Waals surface area contributed by atoms with Crippen LogP contribution in [0.3, 0.4) is 0 Å². The van der Waals surface area contributed by atoms with Crippen LogP contribution in [0.25, 0.3) is 5.69 Å². The highest BCUT2D eigenvalue weighted by molar-refractivity contribution is 6.30. The van der Waals surface area contributed by atoms with Crippen molar-refractivity contribution in [2.75, 3.05) is 13.2 Å². The van der Waals surface area contributed by atoms with Gasteiger partial charge in [-0.2, -0.15) is 15.0 Å². The molecule has 2 aromatic heterocycles. The molecule has 0 fully saturated rings. The Bertz CT molecular complexity index is 928. The summed E-state index contributed by atoms with van der Waals surface area (Å²) in [6.07, 6.45) is 4.70. The molecule has 3 aromatic rings. The zero-order chi connectivity index (χ0) is 20.1. The van der Waals surface area contributed by atoms with Crippen LogP contribution in [-0.2, 0) is 0 Å². The second-order valence-electron chi connectivity index (χ2n) is 6.40. The van der Waals surface area contributed by atoms with Gasteiger partial charge in [0, 0.05) is 18.8 Å². The molecule has 8 heteroatoms. The van der Waals surface area contributed by atoms with E-state index in [2.05, 4.69) is 15.2 Å². The first-order valence-electron chi connectivity index (χ1n) is 9.02. The Morgan fingerprint density at radius 1 is 1.25 bits per heavy atom. The predicted octanol–water partition coefficient (Wildman–Crippen LogP) is 3.55. The molecular weight excluding hydrogens is 378 g/mol. The maximum Gasteiger partial charge on any atom is 0.256 e. The van der Waals surface area contributed by atoms with Crippen LogP contribution in [0.5, 0.6) is 5.88 Å². The lowest BCUT2D eigenvalue weighted by atomic mass is 10.1. The molecule has 1 aromatic carbocycles. The molecule has 2 heterocycles. The molecule has 0 bridgehead atoms. The van der Waals surface area contributed by atoms with Crippen molar-refractivity contribution in [3.8, 4) is 11.6 Å². The van der Waals surface area contributed by atoms with E-state index in [1.807, 2.05) is 39.0 Å². The average molecular weight is 400 g/mol. The fraction of sp³-hybridized carbons (Fsp3) is 0.300. The molecule has 0 aliphatic rings. The van der Waals surface area contributed by atoms with Crippen molar-refractivity contribution in [3.63, 3.8) is 0 Å². The van der Waals surface area contributed by atoms with Crippen molar-refractivity contribution in [2.45, 2.75) is 26.8 Å². The van der Waals surface area contributed by atoms with Crippen molar-refractivity contribution in [1.29, 1.82) is 0 Å². The second-order valence-corrected chi connectivity index (χ2v) is 6.84. The molecule has 7 nitrogen and oxygen atoms in total. The van der Waals surface area contributed by atoms with E-state index in [0.29, 0.717) is 35.3 Å². The Morgan fingerprint density at radius 3 is 2.64 bits per heavy atom. The Labute approximate surface area is 168 Å².